The van der Waals surface area contributed by atoms with Crippen LogP contribution in [0.5, 0.6) is 0 Å². The van der Waals surface area contributed by atoms with Crippen molar-refractivity contribution in [3.8, 4) is 27.7 Å². The summed E-state index contributed by atoms with van der Waals surface area (Å²) in [5.74, 6) is 0.934. The lowest BCUT2D eigenvalue weighted by molar-refractivity contribution is 0.0785. The maximum absolute atomic E-state index is 13.1. The van der Waals surface area contributed by atoms with Crippen LogP contribution in [0.1, 0.15) is 21.7 Å². The van der Waals surface area contributed by atoms with Crippen LogP contribution >= 0.6 is 11.3 Å². The Labute approximate surface area is 194 Å². The van der Waals surface area contributed by atoms with E-state index in [0.717, 1.165) is 27.4 Å². The quantitative estimate of drug-likeness (QED) is 0.350. The van der Waals surface area contributed by atoms with E-state index in [-0.39, 0.29) is 5.91 Å². The lowest BCUT2D eigenvalue weighted by Crippen LogP contribution is -2.26. The van der Waals surface area contributed by atoms with Crippen LogP contribution in [0.25, 0.3) is 27.7 Å². The molecule has 3 heterocycles. The molecule has 7 nitrogen and oxygen atoms in total. The summed E-state index contributed by atoms with van der Waals surface area (Å²) in [6, 6.07) is 21.2. The summed E-state index contributed by atoms with van der Waals surface area (Å²) in [5.41, 5.74) is 4.21. The number of aryl methyl sites for hydroxylation is 1. The first-order valence-corrected chi connectivity index (χ1v) is 11.3. The molecule has 3 aromatic heterocycles. The van der Waals surface area contributed by atoms with Gasteiger partial charge in [-0.3, -0.25) is 4.79 Å². The summed E-state index contributed by atoms with van der Waals surface area (Å²) in [5, 5.41) is 10.7. The van der Waals surface area contributed by atoms with Gasteiger partial charge in [0.15, 0.2) is 5.82 Å². The van der Waals surface area contributed by atoms with Crippen molar-refractivity contribution in [3.05, 3.63) is 95.3 Å². The van der Waals surface area contributed by atoms with Crippen molar-refractivity contribution in [2.75, 3.05) is 7.05 Å². The predicted molar refractivity (Wildman–Crippen MR) is 127 cm³/mol. The number of hydrogen-bond acceptors (Lipinski definition) is 6. The Morgan fingerprint density at radius 1 is 1.06 bits per heavy atom. The molecule has 2 aromatic carbocycles. The second-order valence-corrected chi connectivity index (χ2v) is 8.59. The fraction of sp³-hybridized carbons (Fsp3) is 0.120. The van der Waals surface area contributed by atoms with Gasteiger partial charge in [-0.1, -0.05) is 29.4 Å². The highest BCUT2D eigenvalue weighted by molar-refractivity contribution is 7.13. The van der Waals surface area contributed by atoms with Crippen molar-refractivity contribution >= 4 is 17.2 Å². The van der Waals surface area contributed by atoms with Crippen molar-refractivity contribution in [2.45, 2.75) is 13.5 Å². The van der Waals surface area contributed by atoms with Crippen molar-refractivity contribution < 1.29 is 9.32 Å². The van der Waals surface area contributed by atoms with Crippen molar-refractivity contribution in [2.24, 2.45) is 0 Å². The van der Waals surface area contributed by atoms with Crippen molar-refractivity contribution in [1.29, 1.82) is 0 Å². The van der Waals surface area contributed by atoms with E-state index in [1.807, 2.05) is 70.9 Å². The van der Waals surface area contributed by atoms with Crippen molar-refractivity contribution in [1.82, 2.24) is 24.8 Å². The summed E-state index contributed by atoms with van der Waals surface area (Å²) >= 11 is 1.63. The molecule has 0 saturated carbocycles. The zero-order valence-corrected chi connectivity index (χ0v) is 19.0. The Hall–Kier alpha value is -4.04. The minimum absolute atomic E-state index is 0.0761. The number of amides is 1. The highest BCUT2D eigenvalue weighted by atomic mass is 32.1. The number of carbonyl (C=O) groups is 1. The summed E-state index contributed by atoms with van der Waals surface area (Å²) in [6.07, 6.45) is 2.00. The van der Waals surface area contributed by atoms with E-state index in [1.54, 1.807) is 42.3 Å². The van der Waals surface area contributed by atoms with E-state index in [9.17, 15) is 4.79 Å². The second-order valence-electron chi connectivity index (χ2n) is 7.65. The summed E-state index contributed by atoms with van der Waals surface area (Å²) in [7, 11) is 1.80. The Morgan fingerprint density at radius 2 is 1.85 bits per heavy atom. The number of rotatable bonds is 6. The zero-order chi connectivity index (χ0) is 22.8. The van der Waals surface area contributed by atoms with E-state index in [0.29, 0.717) is 23.8 Å². The highest BCUT2D eigenvalue weighted by Crippen LogP contribution is 2.29. The maximum Gasteiger partial charge on any atom is 0.257 e. The first kappa shape index (κ1) is 20.8. The zero-order valence-electron chi connectivity index (χ0n) is 18.2. The standard InChI is InChI=1S/C25H21N5O2S/c1-17-26-24(32-28-17)18-10-12-19(13-11-18)25(31)29(2)15-20-16-30(21-7-4-3-5-8-21)27-23(20)22-9-6-14-33-22/h3-14,16H,15H2,1-2H3. The van der Waals surface area contributed by atoms with Gasteiger partial charge in [-0.2, -0.15) is 10.1 Å². The van der Waals surface area contributed by atoms with Crippen LogP contribution in [0.3, 0.4) is 0 Å². The molecule has 0 aliphatic carbocycles. The minimum Gasteiger partial charge on any atom is -0.337 e. The largest absolute Gasteiger partial charge is 0.337 e. The van der Waals surface area contributed by atoms with Crippen LogP contribution < -0.4 is 0 Å². The topological polar surface area (TPSA) is 77.0 Å². The molecule has 0 atom stereocenters. The minimum atomic E-state index is -0.0761. The summed E-state index contributed by atoms with van der Waals surface area (Å²) in [4.78, 5) is 20.1. The molecule has 0 radical (unpaired) electrons. The van der Waals surface area contributed by atoms with E-state index in [1.165, 1.54) is 0 Å². The molecule has 8 heteroatoms. The van der Waals surface area contributed by atoms with E-state index < -0.39 is 0 Å². The molecule has 0 fully saturated rings. The van der Waals surface area contributed by atoms with Crippen LogP contribution in [0, 0.1) is 6.92 Å². The smallest absolute Gasteiger partial charge is 0.257 e. The molecule has 0 aliphatic rings. The van der Waals surface area contributed by atoms with Gasteiger partial charge in [0, 0.05) is 36.5 Å². The number of para-hydroxylation sites is 1. The molecule has 0 bridgehead atoms. The van der Waals surface area contributed by atoms with Crippen LogP contribution in [0.15, 0.2) is 82.8 Å². The van der Waals surface area contributed by atoms with Gasteiger partial charge >= 0.3 is 0 Å². The number of carbonyl (C=O) groups excluding carboxylic acids is 1. The number of thiophene rings is 1. The molecule has 5 aromatic rings. The van der Waals surface area contributed by atoms with Crippen LogP contribution in [0.4, 0.5) is 0 Å². The van der Waals surface area contributed by atoms with Gasteiger partial charge in [0.25, 0.3) is 11.8 Å². The molecular formula is C25H21N5O2S. The molecule has 0 spiro atoms. The number of aromatic nitrogens is 4. The third-order valence-electron chi connectivity index (χ3n) is 5.23. The first-order valence-electron chi connectivity index (χ1n) is 10.4. The third kappa shape index (κ3) is 4.33. The Morgan fingerprint density at radius 3 is 2.52 bits per heavy atom. The molecule has 0 aliphatic heterocycles. The Bertz CT molecular complexity index is 1370. The summed E-state index contributed by atoms with van der Waals surface area (Å²) < 4.78 is 7.06. The van der Waals surface area contributed by atoms with E-state index in [4.69, 9.17) is 9.62 Å². The Kier molecular flexibility index (Phi) is 5.58. The van der Waals surface area contributed by atoms with Crippen molar-refractivity contribution in [3.63, 3.8) is 0 Å². The molecule has 0 saturated heterocycles. The van der Waals surface area contributed by atoms with Crippen LogP contribution in [-0.4, -0.2) is 37.8 Å². The predicted octanol–water partition coefficient (Wildman–Crippen LogP) is 5.23. The number of hydrogen-bond donors (Lipinski definition) is 0. The molecular weight excluding hydrogens is 434 g/mol. The van der Waals surface area contributed by atoms with Gasteiger partial charge in [-0.25, -0.2) is 4.68 Å². The van der Waals surface area contributed by atoms with Gasteiger partial charge in [-0.15, -0.1) is 11.3 Å². The first-order chi connectivity index (χ1) is 16.1. The molecule has 5 rings (SSSR count). The fourth-order valence-electron chi connectivity index (χ4n) is 3.58. The normalized spacial score (nSPS) is 11.0. The average Bonchev–Trinajstić information content (AvgIpc) is 3.60. The average molecular weight is 456 g/mol. The van der Waals surface area contributed by atoms with Crippen LogP contribution in [-0.2, 0) is 6.54 Å². The van der Waals surface area contributed by atoms with Gasteiger partial charge in [0.1, 0.15) is 5.69 Å². The third-order valence-corrected chi connectivity index (χ3v) is 6.10. The fourth-order valence-corrected chi connectivity index (χ4v) is 4.32. The molecule has 0 unspecified atom stereocenters. The second kappa shape index (κ2) is 8.84. The number of nitrogens with zero attached hydrogens (tertiary/aromatic N) is 5. The monoisotopic (exact) mass is 455 g/mol. The molecule has 164 valence electrons. The van der Waals surface area contributed by atoms with Gasteiger partial charge in [0.2, 0.25) is 0 Å². The lowest BCUT2D eigenvalue weighted by atomic mass is 10.1. The van der Waals surface area contributed by atoms with Gasteiger partial charge < -0.3 is 9.42 Å². The van der Waals surface area contributed by atoms with E-state index >= 15 is 0 Å². The van der Waals surface area contributed by atoms with E-state index in [2.05, 4.69) is 10.1 Å². The van der Waals surface area contributed by atoms with Gasteiger partial charge in [-0.05, 0) is 54.8 Å². The number of benzene rings is 2. The highest BCUT2D eigenvalue weighted by Gasteiger charge is 2.19. The van der Waals surface area contributed by atoms with Gasteiger partial charge in [0.05, 0.1) is 10.6 Å². The molecule has 33 heavy (non-hydrogen) atoms. The maximum atomic E-state index is 13.1. The lowest BCUT2D eigenvalue weighted by Gasteiger charge is -2.17. The SMILES string of the molecule is Cc1noc(-c2ccc(C(=O)N(C)Cc3cn(-c4ccccc4)nc3-c3cccs3)cc2)n1. The summed E-state index contributed by atoms with van der Waals surface area (Å²) in [6.45, 7) is 2.20. The Balaban J connectivity index is 1.39. The van der Waals surface area contributed by atoms with Crippen LogP contribution in [0.2, 0.25) is 0 Å². The molecule has 0 N–H and O–H groups in total. The molecule has 1 amide bonds.